The number of carbonyl (C=O) groups excluding carboxylic acids is 3. The summed E-state index contributed by atoms with van der Waals surface area (Å²) in [6.07, 6.45) is 3.31. The number of amides is 3. The number of nitrogens with zero attached hydrogens (tertiary/aromatic N) is 2. The molecule has 2 rings (SSSR count). The summed E-state index contributed by atoms with van der Waals surface area (Å²) in [7, 11) is 0. The third kappa shape index (κ3) is 7.07. The normalized spacial score (nSPS) is 10.8. The molecule has 0 saturated heterocycles. The lowest BCUT2D eigenvalue weighted by Gasteiger charge is -2.06. The van der Waals surface area contributed by atoms with Crippen LogP contribution < -0.4 is 16.1 Å². The SMILES string of the molecule is C/C(CC(=O)NCc1cccnc1)=N/NC(=O)C(=O)Nc1cccc(C)c1. The zero-order chi connectivity index (χ0) is 19.6. The minimum Gasteiger partial charge on any atom is -0.352 e. The first-order valence-corrected chi connectivity index (χ1v) is 8.31. The molecule has 140 valence electrons. The minimum absolute atomic E-state index is 0.0000408. The summed E-state index contributed by atoms with van der Waals surface area (Å²) in [5, 5.41) is 8.99. The molecule has 3 amide bonds. The number of aromatic nitrogens is 1. The van der Waals surface area contributed by atoms with E-state index in [1.165, 1.54) is 0 Å². The molecule has 1 aromatic carbocycles. The number of rotatable bonds is 6. The maximum atomic E-state index is 11.9. The fourth-order valence-corrected chi connectivity index (χ4v) is 2.15. The Bertz CT molecular complexity index is 849. The predicted molar refractivity (Wildman–Crippen MR) is 102 cm³/mol. The van der Waals surface area contributed by atoms with Gasteiger partial charge in [0.05, 0.1) is 6.42 Å². The number of benzene rings is 1. The van der Waals surface area contributed by atoms with Gasteiger partial charge in [0.25, 0.3) is 0 Å². The van der Waals surface area contributed by atoms with Gasteiger partial charge in [-0.1, -0.05) is 18.2 Å². The van der Waals surface area contributed by atoms with E-state index in [1.807, 2.05) is 19.1 Å². The zero-order valence-corrected chi connectivity index (χ0v) is 15.2. The molecule has 1 aromatic heterocycles. The van der Waals surface area contributed by atoms with Gasteiger partial charge in [0.2, 0.25) is 5.91 Å². The van der Waals surface area contributed by atoms with Crippen molar-refractivity contribution in [1.82, 2.24) is 15.7 Å². The molecule has 1 heterocycles. The van der Waals surface area contributed by atoms with Gasteiger partial charge in [0.1, 0.15) is 0 Å². The van der Waals surface area contributed by atoms with Crippen LogP contribution in [0.25, 0.3) is 0 Å². The molecular weight excluding hydrogens is 346 g/mol. The van der Waals surface area contributed by atoms with Crippen LogP contribution in [0.5, 0.6) is 0 Å². The van der Waals surface area contributed by atoms with E-state index in [9.17, 15) is 14.4 Å². The molecule has 0 fully saturated rings. The largest absolute Gasteiger partial charge is 0.352 e. The molecule has 0 aliphatic rings. The van der Waals surface area contributed by atoms with Gasteiger partial charge < -0.3 is 10.6 Å². The first-order valence-electron chi connectivity index (χ1n) is 8.31. The van der Waals surface area contributed by atoms with E-state index in [4.69, 9.17) is 0 Å². The van der Waals surface area contributed by atoms with Crippen molar-refractivity contribution in [1.29, 1.82) is 0 Å². The molecule has 0 unspecified atom stereocenters. The third-order valence-electron chi connectivity index (χ3n) is 3.46. The molecule has 0 bridgehead atoms. The minimum atomic E-state index is -0.911. The first-order chi connectivity index (χ1) is 12.9. The summed E-state index contributed by atoms with van der Waals surface area (Å²) in [6.45, 7) is 3.82. The Morgan fingerprint density at radius 3 is 2.63 bits per heavy atom. The highest BCUT2D eigenvalue weighted by atomic mass is 16.2. The zero-order valence-electron chi connectivity index (χ0n) is 15.2. The van der Waals surface area contributed by atoms with Crippen LogP contribution in [0, 0.1) is 6.92 Å². The number of pyridine rings is 1. The highest BCUT2D eigenvalue weighted by Gasteiger charge is 2.13. The van der Waals surface area contributed by atoms with Crippen LogP contribution in [-0.2, 0) is 20.9 Å². The Morgan fingerprint density at radius 1 is 1.11 bits per heavy atom. The van der Waals surface area contributed by atoms with E-state index in [1.54, 1.807) is 43.6 Å². The number of nitrogens with one attached hydrogen (secondary N) is 3. The second kappa shape index (κ2) is 9.81. The van der Waals surface area contributed by atoms with Crippen LogP contribution >= 0.6 is 0 Å². The van der Waals surface area contributed by atoms with Crippen LogP contribution in [0.4, 0.5) is 5.69 Å². The van der Waals surface area contributed by atoms with Crippen molar-refractivity contribution < 1.29 is 14.4 Å². The van der Waals surface area contributed by atoms with Crippen molar-refractivity contribution in [2.24, 2.45) is 5.10 Å². The lowest BCUT2D eigenvalue weighted by Crippen LogP contribution is -2.33. The van der Waals surface area contributed by atoms with Gasteiger partial charge in [0, 0.05) is 30.3 Å². The van der Waals surface area contributed by atoms with E-state index in [0.29, 0.717) is 17.9 Å². The topological polar surface area (TPSA) is 113 Å². The number of hydrogen-bond acceptors (Lipinski definition) is 5. The lowest BCUT2D eigenvalue weighted by atomic mass is 10.2. The molecule has 27 heavy (non-hydrogen) atoms. The summed E-state index contributed by atoms with van der Waals surface area (Å²) < 4.78 is 0. The summed E-state index contributed by atoms with van der Waals surface area (Å²) in [4.78, 5) is 39.5. The van der Waals surface area contributed by atoms with Gasteiger partial charge in [-0.3, -0.25) is 19.4 Å². The summed E-state index contributed by atoms with van der Waals surface area (Å²) >= 11 is 0. The fourth-order valence-electron chi connectivity index (χ4n) is 2.15. The second-order valence-corrected chi connectivity index (χ2v) is 5.93. The third-order valence-corrected chi connectivity index (χ3v) is 3.46. The van der Waals surface area contributed by atoms with Crippen molar-refractivity contribution in [2.75, 3.05) is 5.32 Å². The Labute approximate surface area is 157 Å². The summed E-state index contributed by atoms with van der Waals surface area (Å²) in [5.74, 6) is -2.00. The average molecular weight is 367 g/mol. The van der Waals surface area contributed by atoms with Crippen molar-refractivity contribution >= 4 is 29.1 Å². The van der Waals surface area contributed by atoms with Gasteiger partial charge >= 0.3 is 11.8 Å². The number of hydrogen-bond donors (Lipinski definition) is 3. The Morgan fingerprint density at radius 2 is 1.93 bits per heavy atom. The van der Waals surface area contributed by atoms with E-state index in [2.05, 4.69) is 26.1 Å². The number of carbonyl (C=O) groups is 3. The average Bonchev–Trinajstić information content (AvgIpc) is 2.65. The molecule has 0 saturated carbocycles. The van der Waals surface area contributed by atoms with E-state index in [0.717, 1.165) is 11.1 Å². The van der Waals surface area contributed by atoms with Crippen LogP contribution in [0.3, 0.4) is 0 Å². The van der Waals surface area contributed by atoms with Gasteiger partial charge in [-0.15, -0.1) is 0 Å². The quantitative estimate of drug-likeness (QED) is 0.408. The molecule has 8 nitrogen and oxygen atoms in total. The highest BCUT2D eigenvalue weighted by molar-refractivity contribution is 6.39. The Balaban J connectivity index is 1.77. The monoisotopic (exact) mass is 367 g/mol. The highest BCUT2D eigenvalue weighted by Crippen LogP contribution is 2.09. The molecule has 8 heteroatoms. The number of aryl methyl sites for hydroxylation is 1. The van der Waals surface area contributed by atoms with Gasteiger partial charge in [-0.2, -0.15) is 5.10 Å². The lowest BCUT2D eigenvalue weighted by molar-refractivity contribution is -0.136. The van der Waals surface area contributed by atoms with Gasteiger partial charge in [0.15, 0.2) is 0 Å². The van der Waals surface area contributed by atoms with Gasteiger partial charge in [-0.25, -0.2) is 5.43 Å². The molecule has 0 aliphatic carbocycles. The van der Waals surface area contributed by atoms with Crippen molar-refractivity contribution in [2.45, 2.75) is 26.8 Å². The predicted octanol–water partition coefficient (Wildman–Crippen LogP) is 1.53. The van der Waals surface area contributed by atoms with Crippen LogP contribution in [-0.4, -0.2) is 28.4 Å². The molecule has 3 N–H and O–H groups in total. The fraction of sp³-hybridized carbons (Fsp3) is 0.211. The van der Waals surface area contributed by atoms with Crippen molar-refractivity contribution in [3.05, 3.63) is 59.9 Å². The van der Waals surface area contributed by atoms with Crippen LogP contribution in [0.1, 0.15) is 24.5 Å². The van der Waals surface area contributed by atoms with E-state index < -0.39 is 11.8 Å². The number of anilines is 1. The molecule has 0 aliphatic heterocycles. The molecule has 0 radical (unpaired) electrons. The molecular formula is C19H21N5O3. The van der Waals surface area contributed by atoms with Crippen LogP contribution in [0.15, 0.2) is 53.9 Å². The van der Waals surface area contributed by atoms with Crippen LogP contribution in [0.2, 0.25) is 0 Å². The van der Waals surface area contributed by atoms with E-state index >= 15 is 0 Å². The van der Waals surface area contributed by atoms with Crippen molar-refractivity contribution in [3.8, 4) is 0 Å². The van der Waals surface area contributed by atoms with Gasteiger partial charge in [-0.05, 0) is 43.2 Å². The molecule has 2 aromatic rings. The number of hydrazone groups is 1. The molecule has 0 spiro atoms. The summed E-state index contributed by atoms with van der Waals surface area (Å²) in [5.41, 5.74) is 4.87. The standard InChI is InChI=1S/C19H21N5O3/c1-13-5-3-7-16(9-13)22-18(26)19(27)24-23-14(2)10-17(25)21-12-15-6-4-8-20-11-15/h3-9,11H,10,12H2,1-2H3,(H,21,25)(H,22,26)(H,24,27)/b23-14-. The van der Waals surface area contributed by atoms with Crippen molar-refractivity contribution in [3.63, 3.8) is 0 Å². The summed E-state index contributed by atoms with van der Waals surface area (Å²) in [6, 6.07) is 10.7. The maximum absolute atomic E-state index is 11.9. The second-order valence-electron chi connectivity index (χ2n) is 5.93. The molecule has 0 atom stereocenters. The Hall–Kier alpha value is -3.55. The Kier molecular flexibility index (Phi) is 7.18. The first kappa shape index (κ1) is 19.8. The maximum Gasteiger partial charge on any atom is 0.329 e. The van der Waals surface area contributed by atoms with E-state index in [-0.39, 0.29) is 12.3 Å². The smallest absolute Gasteiger partial charge is 0.329 e.